The molecule has 4 N–H and O–H groups in total. The fraction of sp³-hybridized carbons (Fsp3) is 0.467. The second-order valence-corrected chi connectivity index (χ2v) is 5.81. The standard InChI is InChI=1S/C15H22ClN3O2/c1-10(2)8-18-15(21)19-14(20)9-17-11(3)12-6-4-5-7-13(12)16/h4-7,10-11,17H,8-9H2,1-3H3,(H2,18,19,20,21)/p+1/t11-/m0/s1. The first kappa shape index (κ1) is 17.5. The Morgan fingerprint density at radius 1 is 1.24 bits per heavy atom. The van der Waals surface area contributed by atoms with E-state index in [9.17, 15) is 9.59 Å². The second-order valence-electron chi connectivity index (χ2n) is 5.40. The van der Waals surface area contributed by atoms with Crippen LogP contribution in [0, 0.1) is 5.92 Å². The molecule has 0 heterocycles. The van der Waals surface area contributed by atoms with Crippen LogP contribution < -0.4 is 16.0 Å². The summed E-state index contributed by atoms with van der Waals surface area (Å²) in [5.74, 6) is 0.0211. The average Bonchev–Trinajstić information content (AvgIpc) is 2.43. The summed E-state index contributed by atoms with van der Waals surface area (Å²) in [6, 6.07) is 7.11. The van der Waals surface area contributed by atoms with E-state index in [2.05, 4.69) is 10.6 Å². The van der Waals surface area contributed by atoms with Gasteiger partial charge in [0.2, 0.25) is 0 Å². The highest BCUT2D eigenvalue weighted by molar-refractivity contribution is 6.31. The molecule has 0 unspecified atom stereocenters. The van der Waals surface area contributed by atoms with Crippen molar-refractivity contribution in [2.75, 3.05) is 13.1 Å². The summed E-state index contributed by atoms with van der Waals surface area (Å²) in [7, 11) is 0. The Labute approximate surface area is 130 Å². The summed E-state index contributed by atoms with van der Waals surface area (Å²) >= 11 is 6.10. The predicted octanol–water partition coefficient (Wildman–Crippen LogP) is 1.45. The SMILES string of the molecule is CC(C)CNC(=O)NC(=O)C[NH2+][C@@H](C)c1ccccc1Cl. The average molecular weight is 313 g/mol. The van der Waals surface area contributed by atoms with Crippen LogP contribution in [0.5, 0.6) is 0 Å². The lowest BCUT2D eigenvalue weighted by Gasteiger charge is -2.12. The number of amides is 3. The lowest BCUT2D eigenvalue weighted by atomic mass is 10.1. The number of imide groups is 1. The van der Waals surface area contributed by atoms with Crippen molar-refractivity contribution in [1.29, 1.82) is 0 Å². The molecule has 0 aliphatic carbocycles. The molecule has 3 amide bonds. The molecule has 1 rings (SSSR count). The van der Waals surface area contributed by atoms with Crippen LogP contribution in [0.15, 0.2) is 24.3 Å². The monoisotopic (exact) mass is 312 g/mol. The Morgan fingerprint density at radius 3 is 2.52 bits per heavy atom. The zero-order chi connectivity index (χ0) is 15.8. The topological polar surface area (TPSA) is 74.8 Å². The van der Waals surface area contributed by atoms with Gasteiger partial charge in [0.15, 0.2) is 6.54 Å². The molecular formula is C15H23ClN3O2+. The molecule has 0 fully saturated rings. The highest BCUT2D eigenvalue weighted by Gasteiger charge is 2.15. The van der Waals surface area contributed by atoms with Crippen LogP contribution in [0.3, 0.4) is 0 Å². The quantitative estimate of drug-likeness (QED) is 0.743. The minimum atomic E-state index is -0.451. The summed E-state index contributed by atoms with van der Waals surface area (Å²) in [6.45, 7) is 6.65. The summed E-state index contributed by atoms with van der Waals surface area (Å²) in [6.07, 6.45) is 0. The Balaban J connectivity index is 2.36. The van der Waals surface area contributed by atoms with Crippen molar-refractivity contribution in [2.45, 2.75) is 26.8 Å². The van der Waals surface area contributed by atoms with Gasteiger partial charge in [-0.15, -0.1) is 0 Å². The van der Waals surface area contributed by atoms with Crippen LogP contribution >= 0.6 is 11.6 Å². The van der Waals surface area contributed by atoms with Gasteiger partial charge in [0.1, 0.15) is 6.04 Å². The Hall–Kier alpha value is -1.59. The smallest absolute Gasteiger partial charge is 0.321 e. The zero-order valence-corrected chi connectivity index (χ0v) is 13.4. The van der Waals surface area contributed by atoms with Gasteiger partial charge in [0.05, 0.1) is 0 Å². The van der Waals surface area contributed by atoms with E-state index in [0.29, 0.717) is 17.5 Å². The van der Waals surface area contributed by atoms with Gasteiger partial charge in [-0.25, -0.2) is 4.79 Å². The van der Waals surface area contributed by atoms with Gasteiger partial charge in [-0.05, 0) is 18.9 Å². The van der Waals surface area contributed by atoms with Gasteiger partial charge in [-0.3, -0.25) is 10.1 Å². The van der Waals surface area contributed by atoms with Crippen molar-refractivity contribution in [2.24, 2.45) is 5.92 Å². The third kappa shape index (κ3) is 6.60. The van der Waals surface area contributed by atoms with Gasteiger partial charge in [-0.2, -0.15) is 0 Å². The van der Waals surface area contributed by atoms with E-state index < -0.39 is 6.03 Å². The number of benzene rings is 1. The molecule has 0 bridgehead atoms. The first-order valence-electron chi connectivity index (χ1n) is 7.05. The highest BCUT2D eigenvalue weighted by atomic mass is 35.5. The lowest BCUT2D eigenvalue weighted by Crippen LogP contribution is -2.87. The number of rotatable bonds is 6. The second kappa shape index (κ2) is 8.64. The molecule has 6 heteroatoms. The number of hydrogen-bond donors (Lipinski definition) is 3. The molecular weight excluding hydrogens is 290 g/mol. The van der Waals surface area contributed by atoms with Crippen LogP contribution in [-0.4, -0.2) is 25.0 Å². The maximum atomic E-state index is 11.7. The number of carbonyl (C=O) groups is 2. The van der Waals surface area contributed by atoms with E-state index in [1.165, 1.54) is 0 Å². The molecule has 0 saturated heterocycles. The van der Waals surface area contributed by atoms with Gasteiger partial charge in [0.25, 0.3) is 5.91 Å². The summed E-state index contributed by atoms with van der Waals surface area (Å²) in [5, 5.41) is 7.46. The van der Waals surface area contributed by atoms with Crippen molar-refractivity contribution >= 4 is 23.5 Å². The first-order valence-corrected chi connectivity index (χ1v) is 7.43. The van der Waals surface area contributed by atoms with E-state index in [1.807, 2.05) is 50.4 Å². The van der Waals surface area contributed by atoms with Crippen molar-refractivity contribution in [1.82, 2.24) is 10.6 Å². The maximum absolute atomic E-state index is 11.7. The molecule has 0 aliphatic heterocycles. The van der Waals surface area contributed by atoms with E-state index >= 15 is 0 Å². The van der Waals surface area contributed by atoms with Crippen LogP contribution in [0.25, 0.3) is 0 Å². The number of quaternary nitrogens is 1. The van der Waals surface area contributed by atoms with Gasteiger partial charge >= 0.3 is 6.03 Å². The molecule has 0 aromatic heterocycles. The van der Waals surface area contributed by atoms with Gasteiger partial charge < -0.3 is 10.6 Å². The van der Waals surface area contributed by atoms with Gasteiger partial charge in [0, 0.05) is 17.1 Å². The molecule has 0 spiro atoms. The molecule has 1 aromatic carbocycles. The summed E-state index contributed by atoms with van der Waals surface area (Å²) < 4.78 is 0. The molecule has 1 atom stereocenters. The molecule has 1 aromatic rings. The lowest BCUT2D eigenvalue weighted by molar-refractivity contribution is -0.682. The normalized spacial score (nSPS) is 12.0. The van der Waals surface area contributed by atoms with Crippen molar-refractivity contribution < 1.29 is 14.9 Å². The van der Waals surface area contributed by atoms with Crippen molar-refractivity contribution in [3.05, 3.63) is 34.9 Å². The number of nitrogens with two attached hydrogens (primary N) is 1. The zero-order valence-electron chi connectivity index (χ0n) is 12.7. The highest BCUT2D eigenvalue weighted by Crippen LogP contribution is 2.19. The van der Waals surface area contributed by atoms with Crippen LogP contribution in [0.1, 0.15) is 32.4 Å². The number of hydrogen-bond acceptors (Lipinski definition) is 2. The first-order chi connectivity index (χ1) is 9.90. The fourth-order valence-corrected chi connectivity index (χ4v) is 2.08. The molecule has 5 nitrogen and oxygen atoms in total. The van der Waals surface area contributed by atoms with Crippen LogP contribution in [-0.2, 0) is 4.79 Å². The van der Waals surface area contributed by atoms with Crippen LogP contribution in [0.2, 0.25) is 5.02 Å². The maximum Gasteiger partial charge on any atom is 0.321 e. The number of carbonyl (C=O) groups excluding carboxylic acids is 2. The molecule has 116 valence electrons. The number of nitrogens with one attached hydrogen (secondary N) is 2. The van der Waals surface area contributed by atoms with Gasteiger partial charge in [-0.1, -0.05) is 43.6 Å². The third-order valence-corrected chi connectivity index (χ3v) is 3.32. The van der Waals surface area contributed by atoms with Crippen LogP contribution in [0.4, 0.5) is 4.79 Å². The minimum absolute atomic E-state index is 0.0446. The van der Waals surface area contributed by atoms with E-state index in [0.717, 1.165) is 5.56 Å². The summed E-state index contributed by atoms with van der Waals surface area (Å²) in [4.78, 5) is 23.1. The Kier molecular flexibility index (Phi) is 7.19. The molecule has 0 radical (unpaired) electrons. The minimum Gasteiger partial charge on any atom is -0.338 e. The van der Waals surface area contributed by atoms with Crippen molar-refractivity contribution in [3.8, 4) is 0 Å². The van der Waals surface area contributed by atoms with Crippen molar-refractivity contribution in [3.63, 3.8) is 0 Å². The fourth-order valence-electron chi connectivity index (χ4n) is 1.77. The Morgan fingerprint density at radius 2 is 1.90 bits per heavy atom. The van der Waals surface area contributed by atoms with E-state index in [4.69, 9.17) is 11.6 Å². The van der Waals surface area contributed by atoms with E-state index in [-0.39, 0.29) is 18.5 Å². The molecule has 0 saturated carbocycles. The molecule has 0 aliphatic rings. The largest absolute Gasteiger partial charge is 0.338 e. The predicted molar refractivity (Wildman–Crippen MR) is 83.0 cm³/mol. The number of halogens is 1. The summed E-state index contributed by atoms with van der Waals surface area (Å²) in [5.41, 5.74) is 0.969. The number of urea groups is 1. The molecule has 21 heavy (non-hydrogen) atoms. The Bertz CT molecular complexity index is 492. The van der Waals surface area contributed by atoms with E-state index in [1.54, 1.807) is 0 Å². The third-order valence-electron chi connectivity index (χ3n) is 2.98.